The van der Waals surface area contributed by atoms with E-state index >= 15 is 0 Å². The molecule has 5 heteroatoms. The molecule has 2 heterocycles. The smallest absolute Gasteiger partial charge is 0.219 e. The van der Waals surface area contributed by atoms with Crippen LogP contribution in [0.3, 0.4) is 0 Å². The van der Waals surface area contributed by atoms with Crippen LogP contribution in [0.5, 0.6) is 0 Å². The van der Waals surface area contributed by atoms with Gasteiger partial charge in [0.2, 0.25) is 5.28 Å². The Kier molecular flexibility index (Phi) is 1.72. The summed E-state index contributed by atoms with van der Waals surface area (Å²) in [6.45, 7) is 0. The first-order chi connectivity index (χ1) is 5.25. The monoisotopic (exact) mass is 279 g/mol. The summed E-state index contributed by atoms with van der Waals surface area (Å²) in [5.41, 5.74) is 0.774. The lowest BCUT2D eigenvalue weighted by Gasteiger charge is -1.89. The highest BCUT2D eigenvalue weighted by atomic mass is 127. The number of nitrogens with zero attached hydrogens (tertiary/aromatic N) is 3. The Morgan fingerprint density at radius 3 is 3.09 bits per heavy atom. The minimum Gasteiger partial charge on any atom is -0.219 e. The fourth-order valence-electron chi connectivity index (χ4n) is 0.831. The highest BCUT2D eigenvalue weighted by molar-refractivity contribution is 14.1. The third kappa shape index (κ3) is 1.32. The van der Waals surface area contributed by atoms with Crippen LogP contribution in [0.2, 0.25) is 5.28 Å². The van der Waals surface area contributed by atoms with Crippen LogP contribution >= 0.6 is 34.2 Å². The van der Waals surface area contributed by atoms with E-state index in [1.165, 1.54) is 0 Å². The minimum absolute atomic E-state index is 0.284. The van der Waals surface area contributed by atoms with E-state index in [9.17, 15) is 0 Å². The van der Waals surface area contributed by atoms with Crippen molar-refractivity contribution in [2.24, 2.45) is 0 Å². The average molecular weight is 279 g/mol. The molecule has 0 aromatic carbocycles. The van der Waals surface area contributed by atoms with Crippen molar-refractivity contribution in [2.75, 3.05) is 0 Å². The van der Waals surface area contributed by atoms with Crippen LogP contribution in [-0.2, 0) is 0 Å². The van der Waals surface area contributed by atoms with Crippen LogP contribution in [0.1, 0.15) is 0 Å². The molecule has 0 bridgehead atoms. The van der Waals surface area contributed by atoms with Gasteiger partial charge >= 0.3 is 0 Å². The minimum atomic E-state index is 0.284. The Morgan fingerprint density at radius 2 is 2.27 bits per heavy atom. The summed E-state index contributed by atoms with van der Waals surface area (Å²) in [5, 5.41) is 4.22. The van der Waals surface area contributed by atoms with Crippen molar-refractivity contribution in [1.82, 2.24) is 14.6 Å². The fraction of sp³-hybridized carbons (Fsp3) is 0. The number of hydrogen-bond donors (Lipinski definition) is 0. The molecule has 56 valence electrons. The van der Waals surface area contributed by atoms with Crippen LogP contribution in [0.25, 0.3) is 5.65 Å². The Labute approximate surface area is 81.5 Å². The van der Waals surface area contributed by atoms with Gasteiger partial charge in [-0.05, 0) is 46.3 Å². The van der Waals surface area contributed by atoms with E-state index in [0.29, 0.717) is 0 Å². The van der Waals surface area contributed by atoms with Gasteiger partial charge in [-0.15, -0.1) is 5.10 Å². The van der Waals surface area contributed by atoms with Crippen LogP contribution in [0.15, 0.2) is 18.3 Å². The normalized spacial score (nSPS) is 10.7. The van der Waals surface area contributed by atoms with Gasteiger partial charge in [-0.3, -0.25) is 0 Å². The summed E-state index contributed by atoms with van der Waals surface area (Å²) in [5.74, 6) is 0. The molecule has 0 atom stereocenters. The Bertz CT molecular complexity index is 398. The quantitative estimate of drug-likeness (QED) is 0.690. The molecular weight excluding hydrogens is 276 g/mol. The highest BCUT2D eigenvalue weighted by Crippen LogP contribution is 2.08. The third-order valence-corrected chi connectivity index (χ3v) is 2.07. The molecule has 0 saturated carbocycles. The SMILES string of the molecule is Clc1nc2ccc(I)cn2n1. The molecule has 11 heavy (non-hydrogen) atoms. The summed E-state index contributed by atoms with van der Waals surface area (Å²) >= 11 is 7.80. The molecule has 0 aliphatic heterocycles. The molecule has 2 aromatic heterocycles. The van der Waals surface area contributed by atoms with Crippen molar-refractivity contribution in [3.05, 3.63) is 27.2 Å². The van der Waals surface area contributed by atoms with E-state index in [0.717, 1.165) is 9.22 Å². The lowest BCUT2D eigenvalue weighted by atomic mass is 10.5. The second-order valence-corrected chi connectivity index (χ2v) is 3.61. The summed E-state index contributed by atoms with van der Waals surface area (Å²) in [4.78, 5) is 3.97. The topological polar surface area (TPSA) is 30.2 Å². The van der Waals surface area contributed by atoms with Crippen LogP contribution in [0, 0.1) is 3.57 Å². The molecule has 0 aliphatic rings. The Morgan fingerprint density at radius 1 is 1.45 bits per heavy atom. The maximum absolute atomic E-state index is 5.59. The number of fused-ring (bicyclic) bond motifs is 1. The number of rotatable bonds is 0. The predicted octanol–water partition coefficient (Wildman–Crippen LogP) is 1.99. The first-order valence-corrected chi connectivity index (χ1v) is 4.39. The molecule has 0 spiro atoms. The summed E-state index contributed by atoms with van der Waals surface area (Å²) in [6, 6.07) is 3.83. The Balaban J connectivity index is 2.82. The number of halogens is 2. The zero-order chi connectivity index (χ0) is 7.84. The van der Waals surface area contributed by atoms with E-state index in [1.807, 2.05) is 18.3 Å². The van der Waals surface area contributed by atoms with Gasteiger partial charge in [0.15, 0.2) is 5.65 Å². The van der Waals surface area contributed by atoms with Gasteiger partial charge in [0.1, 0.15) is 0 Å². The molecule has 0 aliphatic carbocycles. The van der Waals surface area contributed by atoms with Crippen molar-refractivity contribution in [2.45, 2.75) is 0 Å². The van der Waals surface area contributed by atoms with E-state index in [-0.39, 0.29) is 5.28 Å². The van der Waals surface area contributed by atoms with Crippen molar-refractivity contribution in [3.63, 3.8) is 0 Å². The molecule has 2 rings (SSSR count). The lowest BCUT2D eigenvalue weighted by Crippen LogP contribution is -1.86. The van der Waals surface area contributed by atoms with E-state index in [1.54, 1.807) is 4.52 Å². The van der Waals surface area contributed by atoms with Gasteiger partial charge < -0.3 is 0 Å². The van der Waals surface area contributed by atoms with Crippen molar-refractivity contribution in [1.29, 1.82) is 0 Å². The van der Waals surface area contributed by atoms with Crippen molar-refractivity contribution in [3.8, 4) is 0 Å². The van der Waals surface area contributed by atoms with Gasteiger partial charge in [0.05, 0.1) is 0 Å². The fourth-order valence-corrected chi connectivity index (χ4v) is 1.44. The van der Waals surface area contributed by atoms with E-state index in [2.05, 4.69) is 32.7 Å². The largest absolute Gasteiger partial charge is 0.243 e. The summed E-state index contributed by atoms with van der Waals surface area (Å²) in [7, 11) is 0. The zero-order valence-corrected chi connectivity index (χ0v) is 8.24. The van der Waals surface area contributed by atoms with Gasteiger partial charge in [0.25, 0.3) is 0 Å². The second kappa shape index (κ2) is 2.60. The van der Waals surface area contributed by atoms with Gasteiger partial charge in [-0.25, -0.2) is 4.52 Å². The van der Waals surface area contributed by atoms with Gasteiger partial charge in [0, 0.05) is 9.77 Å². The van der Waals surface area contributed by atoms with Crippen LogP contribution < -0.4 is 0 Å². The molecule has 0 saturated heterocycles. The third-order valence-electron chi connectivity index (χ3n) is 1.27. The number of aromatic nitrogens is 3. The zero-order valence-electron chi connectivity index (χ0n) is 5.33. The van der Waals surface area contributed by atoms with E-state index in [4.69, 9.17) is 11.6 Å². The van der Waals surface area contributed by atoms with Crippen molar-refractivity contribution < 1.29 is 0 Å². The average Bonchev–Trinajstić information content (AvgIpc) is 2.27. The maximum Gasteiger partial charge on any atom is 0.243 e. The summed E-state index contributed by atoms with van der Waals surface area (Å²) in [6.07, 6.45) is 1.87. The van der Waals surface area contributed by atoms with Gasteiger partial charge in [-0.2, -0.15) is 4.98 Å². The van der Waals surface area contributed by atoms with Crippen molar-refractivity contribution >= 4 is 39.8 Å². The molecule has 0 fully saturated rings. The van der Waals surface area contributed by atoms with E-state index < -0.39 is 0 Å². The van der Waals surface area contributed by atoms with Gasteiger partial charge in [-0.1, -0.05) is 0 Å². The molecule has 0 unspecified atom stereocenters. The molecular formula is C6H3ClIN3. The van der Waals surface area contributed by atoms with Crippen LogP contribution in [-0.4, -0.2) is 14.6 Å². The summed E-state index contributed by atoms with van der Waals surface area (Å²) < 4.78 is 2.76. The number of hydrogen-bond acceptors (Lipinski definition) is 2. The first-order valence-electron chi connectivity index (χ1n) is 2.93. The molecule has 0 amide bonds. The molecule has 0 radical (unpaired) electrons. The maximum atomic E-state index is 5.59. The second-order valence-electron chi connectivity index (χ2n) is 2.03. The predicted molar refractivity (Wildman–Crippen MR) is 50.7 cm³/mol. The van der Waals surface area contributed by atoms with Crippen LogP contribution in [0.4, 0.5) is 0 Å². The standard InChI is InChI=1S/C6H3ClIN3/c7-6-9-5-2-1-4(8)3-11(5)10-6/h1-3H. The number of pyridine rings is 1. The first kappa shape index (κ1) is 7.30. The molecule has 3 nitrogen and oxygen atoms in total. The Hall–Kier alpha value is -0.360. The lowest BCUT2D eigenvalue weighted by molar-refractivity contribution is 0.956. The molecule has 2 aromatic rings. The highest BCUT2D eigenvalue weighted by Gasteiger charge is 1.98. The molecule has 0 N–H and O–H groups in total.